The molecule has 42 heavy (non-hydrogen) atoms. The van der Waals surface area contributed by atoms with E-state index in [1.807, 2.05) is 40.7 Å². The monoisotopic (exact) mass is 573 g/mol. The largest absolute Gasteiger partial charge is 0.444 e. The number of nitriles is 1. The molecule has 1 spiro atoms. The highest BCUT2D eigenvalue weighted by Crippen LogP contribution is 2.79. The van der Waals surface area contributed by atoms with Crippen LogP contribution in [0, 0.1) is 55.7 Å². The fraction of sp³-hybridized carbons (Fsp3) is 0.778. The first-order chi connectivity index (χ1) is 19.2. The Kier molecular flexibility index (Phi) is 5.92. The van der Waals surface area contributed by atoms with Gasteiger partial charge in [0.25, 0.3) is 0 Å². The number of fused-ring (bicyclic) bond motifs is 5. The Morgan fingerprint density at radius 3 is 2.36 bits per heavy atom. The number of hydrogen-bond donors (Lipinski definition) is 1. The minimum absolute atomic E-state index is 0.0128. The van der Waals surface area contributed by atoms with Crippen molar-refractivity contribution in [3.8, 4) is 6.07 Å². The van der Waals surface area contributed by atoms with Crippen molar-refractivity contribution in [2.75, 3.05) is 6.54 Å². The highest BCUT2D eigenvalue weighted by molar-refractivity contribution is 6.16. The normalized spacial score (nSPS) is 44.3. The van der Waals surface area contributed by atoms with E-state index in [2.05, 4.69) is 52.1 Å². The van der Waals surface area contributed by atoms with E-state index in [1.165, 1.54) is 11.3 Å². The first-order valence-corrected chi connectivity index (χ1v) is 16.2. The molecule has 0 aromatic rings. The van der Waals surface area contributed by atoms with E-state index in [1.54, 1.807) is 0 Å². The topological polar surface area (TPSA) is 91.5 Å². The molecule has 0 radical (unpaired) electrons. The van der Waals surface area contributed by atoms with E-state index in [0.717, 1.165) is 44.9 Å². The number of carbonyl (C=O) groups excluding carboxylic acids is 2. The molecule has 5 aliphatic carbocycles. The summed E-state index contributed by atoms with van der Waals surface area (Å²) in [6.45, 7) is 22.5. The van der Waals surface area contributed by atoms with Gasteiger partial charge in [-0.25, -0.2) is 4.79 Å². The highest BCUT2D eigenvalue weighted by atomic mass is 16.6. The molecule has 1 amide bonds. The van der Waals surface area contributed by atoms with Crippen LogP contribution in [0.4, 0.5) is 4.79 Å². The molecule has 0 saturated heterocycles. The van der Waals surface area contributed by atoms with Crippen LogP contribution in [0.3, 0.4) is 0 Å². The van der Waals surface area contributed by atoms with Crippen LogP contribution >= 0.6 is 0 Å². The molecule has 1 N–H and O–H groups in total. The van der Waals surface area contributed by atoms with E-state index in [9.17, 15) is 14.9 Å². The number of alkyl carbamates (subject to hydrolysis) is 1. The summed E-state index contributed by atoms with van der Waals surface area (Å²) in [4.78, 5) is 31.7. The molecule has 3 fully saturated rings. The van der Waals surface area contributed by atoms with Gasteiger partial charge in [0.2, 0.25) is 0 Å². The third kappa shape index (κ3) is 3.64. The van der Waals surface area contributed by atoms with E-state index in [-0.39, 0.29) is 50.4 Å². The number of rotatable bonds is 2. The van der Waals surface area contributed by atoms with Crippen molar-refractivity contribution < 1.29 is 14.3 Å². The van der Waals surface area contributed by atoms with Gasteiger partial charge < -0.3 is 10.1 Å². The van der Waals surface area contributed by atoms with Crippen LogP contribution in [0.25, 0.3) is 0 Å². The van der Waals surface area contributed by atoms with Gasteiger partial charge in [-0.1, -0.05) is 60.1 Å². The number of aliphatic imine (C=N–C) groups is 1. The van der Waals surface area contributed by atoms with E-state index in [0.29, 0.717) is 18.0 Å². The number of nitrogens with zero attached hydrogens (tertiary/aromatic N) is 2. The lowest BCUT2D eigenvalue weighted by Crippen LogP contribution is -2.69. The first kappa shape index (κ1) is 29.6. The summed E-state index contributed by atoms with van der Waals surface area (Å²) in [5, 5.41) is 13.2. The molecule has 0 aromatic heterocycles. The zero-order valence-electron chi connectivity index (χ0n) is 27.6. The summed E-state index contributed by atoms with van der Waals surface area (Å²) in [6.07, 6.45) is 11.5. The third-order valence-electron chi connectivity index (χ3n) is 13.5. The van der Waals surface area contributed by atoms with Crippen LogP contribution in [0.2, 0.25) is 0 Å². The Labute approximate surface area is 252 Å². The Morgan fingerprint density at radius 1 is 1.05 bits per heavy atom. The molecule has 6 heteroatoms. The molecule has 228 valence electrons. The molecule has 7 atom stereocenters. The Bertz CT molecular complexity index is 1400. The van der Waals surface area contributed by atoms with Gasteiger partial charge in [0.15, 0.2) is 5.78 Å². The van der Waals surface area contributed by atoms with Gasteiger partial charge in [-0.3, -0.25) is 9.79 Å². The quantitative estimate of drug-likeness (QED) is 0.366. The summed E-state index contributed by atoms with van der Waals surface area (Å²) >= 11 is 0. The van der Waals surface area contributed by atoms with Gasteiger partial charge in [0.05, 0.1) is 11.3 Å². The van der Waals surface area contributed by atoms with Gasteiger partial charge >= 0.3 is 6.09 Å². The van der Waals surface area contributed by atoms with Gasteiger partial charge in [-0.05, 0) is 99.9 Å². The van der Waals surface area contributed by atoms with E-state index in [4.69, 9.17) is 9.73 Å². The fourth-order valence-electron chi connectivity index (χ4n) is 11.0. The molecule has 1 heterocycles. The van der Waals surface area contributed by atoms with Crippen molar-refractivity contribution in [2.24, 2.45) is 49.3 Å². The lowest BCUT2D eigenvalue weighted by atomic mass is 9.33. The zero-order chi connectivity index (χ0) is 30.9. The SMILES string of the molecule is CC1(C)CC[C@]2(CNC(=O)OC(C)(C)C)CC[C@@]3(C)[C@]4(C)CC[C@H]5C(C)(C)C(=O)C(C#N)=C[C@]5(C)C4=CC4=N[C@]43C2C1. The standard InChI is InChI=1S/C36H51N3O3/c1-29(2,3)42-28(41)38-21-35-15-13-30(4,5)19-25(35)36-26(39-36)17-24-32(8)18-22(20-37)27(40)31(6,7)23(32)11-12-33(24,9)34(36,10)14-16-35/h17-18,23,25H,11-16,19,21H2,1-10H3,(H,38,41)/t23-,25?,32-,33+,34-,35+,36+/m0/s1. The minimum atomic E-state index is -0.583. The molecule has 6 aliphatic rings. The van der Waals surface area contributed by atoms with Gasteiger partial charge in [0.1, 0.15) is 17.2 Å². The van der Waals surface area contributed by atoms with Gasteiger partial charge in [-0.15, -0.1) is 0 Å². The smallest absolute Gasteiger partial charge is 0.407 e. The number of ketones is 1. The minimum Gasteiger partial charge on any atom is -0.444 e. The molecule has 0 aromatic carbocycles. The van der Waals surface area contributed by atoms with Crippen molar-refractivity contribution in [1.82, 2.24) is 5.32 Å². The number of carbonyl (C=O) groups is 2. The number of nitrogens with one attached hydrogen (secondary N) is 1. The number of allylic oxidation sites excluding steroid dienone is 3. The average Bonchev–Trinajstić information content (AvgIpc) is 3.60. The summed E-state index contributed by atoms with van der Waals surface area (Å²) in [6, 6.07) is 2.26. The number of amides is 1. The number of ether oxygens (including phenoxy) is 1. The molecular weight excluding hydrogens is 522 g/mol. The summed E-state index contributed by atoms with van der Waals surface area (Å²) in [5.74, 6) is 0.479. The van der Waals surface area contributed by atoms with Gasteiger partial charge in [-0.2, -0.15) is 5.26 Å². The Hall–Kier alpha value is -2.42. The van der Waals surface area contributed by atoms with E-state index < -0.39 is 11.0 Å². The van der Waals surface area contributed by atoms with Crippen molar-refractivity contribution in [1.29, 1.82) is 5.26 Å². The summed E-state index contributed by atoms with van der Waals surface area (Å²) < 4.78 is 5.66. The van der Waals surface area contributed by atoms with Crippen LogP contribution in [0.5, 0.6) is 0 Å². The molecule has 3 saturated carbocycles. The fourth-order valence-corrected chi connectivity index (χ4v) is 11.0. The predicted molar refractivity (Wildman–Crippen MR) is 165 cm³/mol. The maximum Gasteiger partial charge on any atom is 0.407 e. The van der Waals surface area contributed by atoms with Crippen LogP contribution in [0.15, 0.2) is 28.3 Å². The van der Waals surface area contributed by atoms with Crippen molar-refractivity contribution in [2.45, 2.75) is 125 Å². The van der Waals surface area contributed by atoms with Crippen LogP contribution in [-0.2, 0) is 9.53 Å². The van der Waals surface area contributed by atoms with Crippen LogP contribution < -0.4 is 5.32 Å². The maximum absolute atomic E-state index is 13.3. The summed E-state index contributed by atoms with van der Waals surface area (Å²) in [7, 11) is 0. The van der Waals surface area contributed by atoms with Gasteiger partial charge in [0, 0.05) is 22.8 Å². The number of Topliss-reactive ketones (excluding diaryl/α,β-unsaturated/α-hetero) is 1. The van der Waals surface area contributed by atoms with Crippen molar-refractivity contribution in [3.63, 3.8) is 0 Å². The van der Waals surface area contributed by atoms with E-state index >= 15 is 0 Å². The molecular formula is C36H51N3O3. The van der Waals surface area contributed by atoms with Crippen LogP contribution in [0.1, 0.15) is 114 Å². The predicted octanol–water partition coefficient (Wildman–Crippen LogP) is 7.74. The van der Waals surface area contributed by atoms with Crippen molar-refractivity contribution in [3.05, 3.63) is 23.3 Å². The second-order valence-electron chi connectivity index (χ2n) is 17.7. The lowest BCUT2D eigenvalue weighted by molar-refractivity contribution is -0.140. The van der Waals surface area contributed by atoms with Crippen molar-refractivity contribution >= 4 is 17.6 Å². The molecule has 6 rings (SSSR count). The van der Waals surface area contributed by atoms with Crippen LogP contribution in [-0.4, -0.2) is 35.3 Å². The highest BCUT2D eigenvalue weighted by Gasteiger charge is 2.79. The number of hydrogen-bond acceptors (Lipinski definition) is 5. The molecule has 0 bridgehead atoms. The second-order valence-corrected chi connectivity index (χ2v) is 17.7. The third-order valence-corrected chi connectivity index (χ3v) is 13.5. The lowest BCUT2D eigenvalue weighted by Gasteiger charge is -2.69. The summed E-state index contributed by atoms with van der Waals surface area (Å²) in [5.41, 5.74) is 1.20. The Balaban J connectivity index is 1.43. The zero-order valence-corrected chi connectivity index (χ0v) is 27.6. The second kappa shape index (κ2) is 8.39. The molecule has 6 nitrogen and oxygen atoms in total. The molecule has 1 unspecified atom stereocenters. The Morgan fingerprint density at radius 2 is 1.71 bits per heavy atom. The first-order valence-electron chi connectivity index (χ1n) is 16.2. The maximum atomic E-state index is 13.3. The molecule has 1 aliphatic heterocycles. The average molecular weight is 574 g/mol.